The molecule has 78 valence electrons. The Morgan fingerprint density at radius 1 is 1.14 bits per heavy atom. The van der Waals surface area contributed by atoms with Gasteiger partial charge in [-0.3, -0.25) is 4.79 Å². The van der Waals surface area contributed by atoms with Crippen LogP contribution in [0.3, 0.4) is 0 Å². The zero-order valence-electron chi connectivity index (χ0n) is 9.91. The summed E-state index contributed by atoms with van der Waals surface area (Å²) in [5.74, 6) is 0.112. The molecule has 0 spiro atoms. The van der Waals surface area contributed by atoms with Gasteiger partial charge in [0.1, 0.15) is 0 Å². The second-order valence-electron chi connectivity index (χ2n) is 4.93. The van der Waals surface area contributed by atoms with Crippen molar-refractivity contribution in [1.82, 2.24) is 4.98 Å². The highest BCUT2D eigenvalue weighted by Gasteiger charge is 2.22. The topological polar surface area (TPSA) is 32.9 Å². The molecule has 0 aromatic carbocycles. The number of carbonyl (C=O) groups excluding carboxylic acids is 1. The highest BCUT2D eigenvalue weighted by atomic mass is 16.1. The number of ketones is 1. The van der Waals surface area contributed by atoms with Crippen molar-refractivity contribution in [3.63, 3.8) is 0 Å². The zero-order valence-corrected chi connectivity index (χ0v) is 9.91. The number of aromatic amines is 1. The lowest BCUT2D eigenvalue weighted by molar-refractivity contribution is 0.101. The van der Waals surface area contributed by atoms with E-state index < -0.39 is 0 Å². The van der Waals surface area contributed by atoms with Crippen LogP contribution in [0.1, 0.15) is 55.0 Å². The molecule has 0 aliphatic heterocycles. The molecule has 0 aliphatic carbocycles. The van der Waals surface area contributed by atoms with Crippen LogP contribution >= 0.6 is 0 Å². The van der Waals surface area contributed by atoms with E-state index in [1.807, 2.05) is 6.92 Å². The Morgan fingerprint density at radius 2 is 1.64 bits per heavy atom. The van der Waals surface area contributed by atoms with Crippen molar-refractivity contribution >= 4 is 5.78 Å². The van der Waals surface area contributed by atoms with Crippen LogP contribution in [-0.4, -0.2) is 10.8 Å². The van der Waals surface area contributed by atoms with Crippen LogP contribution in [0.15, 0.2) is 0 Å². The Balaban J connectivity index is 3.37. The van der Waals surface area contributed by atoms with Crippen LogP contribution in [0, 0.1) is 13.8 Å². The largest absolute Gasteiger partial charge is 0.355 e. The molecule has 0 atom stereocenters. The van der Waals surface area contributed by atoms with Crippen LogP contribution < -0.4 is 0 Å². The summed E-state index contributed by atoms with van der Waals surface area (Å²) in [5, 5.41) is 0. The molecule has 1 aromatic heterocycles. The van der Waals surface area contributed by atoms with Gasteiger partial charge in [0, 0.05) is 18.0 Å². The molecule has 0 radical (unpaired) electrons. The fourth-order valence-electron chi connectivity index (χ4n) is 1.79. The first-order valence-electron chi connectivity index (χ1n) is 4.95. The Kier molecular flexibility index (Phi) is 2.57. The van der Waals surface area contributed by atoms with Gasteiger partial charge in [0.15, 0.2) is 5.78 Å². The third kappa shape index (κ3) is 1.74. The number of nitrogens with one attached hydrogen (secondary N) is 1. The standard InChI is InChI=1S/C12H19NO/c1-7-8(2)11(12(4,5)6)13-10(7)9(3)14/h13H,1-6H3. The van der Waals surface area contributed by atoms with Gasteiger partial charge in [-0.25, -0.2) is 0 Å². The Morgan fingerprint density at radius 3 is 1.86 bits per heavy atom. The summed E-state index contributed by atoms with van der Waals surface area (Å²) < 4.78 is 0. The molecule has 1 aromatic rings. The molecule has 0 amide bonds. The predicted molar refractivity (Wildman–Crippen MR) is 59.0 cm³/mol. The van der Waals surface area contributed by atoms with Gasteiger partial charge in [-0.2, -0.15) is 0 Å². The number of H-pyrrole nitrogens is 1. The minimum absolute atomic E-state index is 0.0720. The fraction of sp³-hybridized carbons (Fsp3) is 0.583. The van der Waals surface area contributed by atoms with Gasteiger partial charge in [-0.15, -0.1) is 0 Å². The number of Topliss-reactive ketones (excluding diaryl/α,β-unsaturated/α-hetero) is 1. The summed E-state index contributed by atoms with van der Waals surface area (Å²) in [4.78, 5) is 14.6. The molecule has 2 heteroatoms. The van der Waals surface area contributed by atoms with Gasteiger partial charge in [-0.1, -0.05) is 20.8 Å². The highest BCUT2D eigenvalue weighted by Crippen LogP contribution is 2.28. The lowest BCUT2D eigenvalue weighted by Gasteiger charge is -2.18. The van der Waals surface area contributed by atoms with Gasteiger partial charge in [-0.05, 0) is 25.0 Å². The van der Waals surface area contributed by atoms with E-state index in [-0.39, 0.29) is 11.2 Å². The third-order valence-corrected chi connectivity index (χ3v) is 2.66. The monoisotopic (exact) mass is 193 g/mol. The summed E-state index contributed by atoms with van der Waals surface area (Å²) in [5.41, 5.74) is 4.29. The van der Waals surface area contributed by atoms with Crippen molar-refractivity contribution in [3.8, 4) is 0 Å². The lowest BCUT2D eigenvalue weighted by atomic mass is 9.89. The fourth-order valence-corrected chi connectivity index (χ4v) is 1.79. The van der Waals surface area contributed by atoms with Gasteiger partial charge in [0.05, 0.1) is 5.69 Å². The number of hydrogen-bond acceptors (Lipinski definition) is 1. The SMILES string of the molecule is CC(=O)c1[nH]c(C(C)(C)C)c(C)c1C. The summed E-state index contributed by atoms with van der Waals surface area (Å²) in [6.07, 6.45) is 0. The molecular weight excluding hydrogens is 174 g/mol. The Bertz CT molecular complexity index is 366. The van der Waals surface area contributed by atoms with Crippen molar-refractivity contribution in [3.05, 3.63) is 22.5 Å². The molecule has 1 rings (SSSR count). The highest BCUT2D eigenvalue weighted by molar-refractivity contribution is 5.94. The van der Waals surface area contributed by atoms with Crippen molar-refractivity contribution in [2.24, 2.45) is 0 Å². The molecule has 0 bridgehead atoms. The maximum absolute atomic E-state index is 11.3. The number of rotatable bonds is 1. The smallest absolute Gasteiger partial charge is 0.176 e. The van der Waals surface area contributed by atoms with E-state index in [0.717, 1.165) is 11.3 Å². The van der Waals surface area contributed by atoms with Gasteiger partial charge in [0.25, 0.3) is 0 Å². The maximum Gasteiger partial charge on any atom is 0.176 e. The van der Waals surface area contributed by atoms with E-state index in [1.165, 1.54) is 11.3 Å². The summed E-state index contributed by atoms with van der Waals surface area (Å²) >= 11 is 0. The second kappa shape index (κ2) is 3.26. The molecule has 0 aliphatic rings. The molecular formula is C12H19NO. The molecule has 14 heavy (non-hydrogen) atoms. The first kappa shape index (κ1) is 11.0. The van der Waals surface area contributed by atoms with Crippen molar-refractivity contribution in [2.75, 3.05) is 0 Å². The molecule has 0 fully saturated rings. The average molecular weight is 193 g/mol. The van der Waals surface area contributed by atoms with Gasteiger partial charge < -0.3 is 4.98 Å². The minimum Gasteiger partial charge on any atom is -0.355 e. The number of aromatic nitrogens is 1. The molecule has 0 saturated heterocycles. The van der Waals surface area contributed by atoms with E-state index in [0.29, 0.717) is 0 Å². The number of hydrogen-bond donors (Lipinski definition) is 1. The summed E-state index contributed by atoms with van der Waals surface area (Å²) in [6, 6.07) is 0. The first-order chi connectivity index (χ1) is 6.25. The number of carbonyl (C=O) groups is 1. The molecule has 0 unspecified atom stereocenters. The van der Waals surface area contributed by atoms with E-state index in [2.05, 4.69) is 32.7 Å². The van der Waals surface area contributed by atoms with Crippen LogP contribution in [0.2, 0.25) is 0 Å². The van der Waals surface area contributed by atoms with Crippen molar-refractivity contribution < 1.29 is 4.79 Å². The minimum atomic E-state index is 0.0720. The van der Waals surface area contributed by atoms with Crippen LogP contribution in [0.5, 0.6) is 0 Å². The van der Waals surface area contributed by atoms with E-state index in [4.69, 9.17) is 0 Å². The lowest BCUT2D eigenvalue weighted by Crippen LogP contribution is -2.13. The molecule has 1 N–H and O–H groups in total. The second-order valence-corrected chi connectivity index (χ2v) is 4.93. The average Bonchev–Trinajstić information content (AvgIpc) is 2.28. The Hall–Kier alpha value is -1.05. The molecule has 0 saturated carbocycles. The van der Waals surface area contributed by atoms with Gasteiger partial charge >= 0.3 is 0 Å². The zero-order chi connectivity index (χ0) is 11.1. The van der Waals surface area contributed by atoms with Crippen LogP contribution in [0.4, 0.5) is 0 Å². The predicted octanol–water partition coefficient (Wildman–Crippen LogP) is 3.13. The van der Waals surface area contributed by atoms with E-state index >= 15 is 0 Å². The van der Waals surface area contributed by atoms with E-state index in [1.54, 1.807) is 6.92 Å². The Labute approximate surface area is 85.7 Å². The summed E-state index contributed by atoms with van der Waals surface area (Å²) in [7, 11) is 0. The third-order valence-electron chi connectivity index (χ3n) is 2.66. The molecule has 1 heterocycles. The summed E-state index contributed by atoms with van der Waals surface area (Å²) in [6.45, 7) is 12.1. The first-order valence-corrected chi connectivity index (χ1v) is 4.95. The maximum atomic E-state index is 11.3. The van der Waals surface area contributed by atoms with E-state index in [9.17, 15) is 4.79 Å². The van der Waals surface area contributed by atoms with Crippen molar-refractivity contribution in [1.29, 1.82) is 0 Å². The normalized spacial score (nSPS) is 11.9. The molecule has 2 nitrogen and oxygen atoms in total. The van der Waals surface area contributed by atoms with Crippen molar-refractivity contribution in [2.45, 2.75) is 47.0 Å². The van der Waals surface area contributed by atoms with Crippen LogP contribution in [0.25, 0.3) is 0 Å². The van der Waals surface area contributed by atoms with Crippen LogP contribution in [-0.2, 0) is 5.41 Å². The quantitative estimate of drug-likeness (QED) is 0.683. The van der Waals surface area contributed by atoms with Gasteiger partial charge in [0.2, 0.25) is 0 Å².